The molecule has 1 saturated heterocycles. The molecule has 2 heterocycles. The van der Waals surface area contributed by atoms with Crippen molar-refractivity contribution in [2.45, 2.75) is 37.0 Å². The lowest BCUT2D eigenvalue weighted by Crippen LogP contribution is -2.60. The molecule has 29 heavy (non-hydrogen) atoms. The third-order valence-electron chi connectivity index (χ3n) is 4.51. The van der Waals surface area contributed by atoms with Crippen molar-refractivity contribution in [3.8, 4) is 5.75 Å². The molecule has 1 aromatic carbocycles. The van der Waals surface area contributed by atoms with Gasteiger partial charge in [0.05, 0.1) is 17.1 Å². The number of hydrogen-bond donors (Lipinski definition) is 2. The summed E-state index contributed by atoms with van der Waals surface area (Å²) in [7, 11) is -4.00. The predicted molar refractivity (Wildman–Crippen MR) is 103 cm³/mol. The number of aromatic nitrogens is 1. The Morgan fingerprint density at radius 3 is 2.55 bits per heavy atom. The molecular weight excluding hydrogens is 398 g/mol. The van der Waals surface area contributed by atoms with Crippen LogP contribution in [0.2, 0.25) is 0 Å². The molecule has 1 amide bonds. The molecule has 0 aliphatic carbocycles. The third-order valence-corrected chi connectivity index (χ3v) is 6.38. The van der Waals surface area contributed by atoms with E-state index in [2.05, 4.69) is 4.98 Å². The van der Waals surface area contributed by atoms with E-state index in [0.29, 0.717) is 12.4 Å². The van der Waals surface area contributed by atoms with Crippen molar-refractivity contribution in [3.05, 3.63) is 54.4 Å². The molecule has 0 spiro atoms. The fourth-order valence-electron chi connectivity index (χ4n) is 2.94. The Balaban J connectivity index is 1.79. The Hall–Kier alpha value is -2.53. The van der Waals surface area contributed by atoms with E-state index in [1.165, 1.54) is 17.6 Å². The van der Waals surface area contributed by atoms with Crippen molar-refractivity contribution in [1.82, 2.24) is 14.8 Å². The molecule has 2 N–H and O–H groups in total. The average Bonchev–Trinajstić information content (AvgIpc) is 2.72. The maximum Gasteiger partial charge on any atom is 0.264 e. The van der Waals surface area contributed by atoms with Crippen LogP contribution in [0.15, 0.2) is 53.7 Å². The van der Waals surface area contributed by atoms with Crippen molar-refractivity contribution >= 4 is 15.9 Å². The summed E-state index contributed by atoms with van der Waals surface area (Å²) in [6.45, 7) is 3.60. The lowest BCUT2D eigenvalue weighted by molar-refractivity contribution is -0.146. The minimum Gasteiger partial charge on any atom is -0.489 e. The van der Waals surface area contributed by atoms with E-state index >= 15 is 0 Å². The molecule has 0 bridgehead atoms. The van der Waals surface area contributed by atoms with Gasteiger partial charge in [-0.2, -0.15) is 4.31 Å². The number of carbonyl (C=O) groups excluding carboxylic acids is 1. The van der Waals surface area contributed by atoms with Crippen LogP contribution in [0.4, 0.5) is 0 Å². The van der Waals surface area contributed by atoms with Crippen molar-refractivity contribution in [3.63, 3.8) is 0 Å². The van der Waals surface area contributed by atoms with Crippen LogP contribution in [-0.2, 0) is 26.2 Å². The number of nitrogens with one attached hydrogen (secondary N) is 1. The zero-order chi connectivity index (χ0) is 21.1. The van der Waals surface area contributed by atoms with Gasteiger partial charge in [-0.1, -0.05) is 0 Å². The van der Waals surface area contributed by atoms with Gasteiger partial charge in [-0.05, 0) is 55.8 Å². The van der Waals surface area contributed by atoms with Gasteiger partial charge in [-0.15, -0.1) is 0 Å². The van der Waals surface area contributed by atoms with Crippen LogP contribution < -0.4 is 10.2 Å². The summed E-state index contributed by atoms with van der Waals surface area (Å²) < 4.78 is 38.6. The van der Waals surface area contributed by atoms with Gasteiger partial charge in [0.25, 0.3) is 5.91 Å². The van der Waals surface area contributed by atoms with Crippen LogP contribution >= 0.6 is 0 Å². The zero-order valence-corrected chi connectivity index (χ0v) is 16.9. The summed E-state index contributed by atoms with van der Waals surface area (Å²) in [5, 5.41) is 8.96. The van der Waals surface area contributed by atoms with Crippen molar-refractivity contribution < 1.29 is 27.9 Å². The minimum absolute atomic E-state index is 0.0159. The fourth-order valence-corrected chi connectivity index (χ4v) is 4.66. The number of morpholine rings is 1. The molecule has 1 atom stereocenters. The van der Waals surface area contributed by atoms with Crippen molar-refractivity contribution in [1.29, 1.82) is 0 Å². The quantitative estimate of drug-likeness (QED) is 0.534. The third kappa shape index (κ3) is 4.91. The lowest BCUT2D eigenvalue weighted by Gasteiger charge is -2.41. The maximum atomic E-state index is 13.2. The topological polar surface area (TPSA) is 118 Å². The second-order valence-corrected chi connectivity index (χ2v) is 9.12. The molecule has 0 radical (unpaired) electrons. The van der Waals surface area contributed by atoms with Crippen LogP contribution in [0.3, 0.4) is 0 Å². The van der Waals surface area contributed by atoms with E-state index in [1.54, 1.807) is 38.4 Å². The Morgan fingerprint density at radius 2 is 1.93 bits per heavy atom. The number of rotatable bonds is 6. The minimum atomic E-state index is -4.00. The van der Waals surface area contributed by atoms with Gasteiger partial charge in [-0.3, -0.25) is 15.0 Å². The Morgan fingerprint density at radius 1 is 1.28 bits per heavy atom. The number of amides is 1. The van der Waals surface area contributed by atoms with Gasteiger partial charge >= 0.3 is 0 Å². The number of hydroxylamine groups is 1. The molecule has 0 saturated carbocycles. The van der Waals surface area contributed by atoms with Crippen LogP contribution in [-0.4, -0.2) is 53.6 Å². The molecule has 2 aromatic rings. The van der Waals surface area contributed by atoms with Crippen molar-refractivity contribution in [2.24, 2.45) is 0 Å². The van der Waals surface area contributed by atoms with E-state index in [9.17, 15) is 13.2 Å². The number of carbonyl (C=O) groups is 1. The zero-order valence-electron chi connectivity index (χ0n) is 16.1. The highest BCUT2D eigenvalue weighted by Gasteiger charge is 2.44. The molecule has 10 heteroatoms. The Bertz CT molecular complexity index is 948. The van der Waals surface area contributed by atoms with Crippen LogP contribution in [0.25, 0.3) is 0 Å². The normalized spacial score (nSPS) is 19.5. The summed E-state index contributed by atoms with van der Waals surface area (Å²) in [6, 6.07) is 8.44. The molecular formula is C19H23N3O6S. The second kappa shape index (κ2) is 8.46. The van der Waals surface area contributed by atoms with Gasteiger partial charge in [0.1, 0.15) is 18.4 Å². The number of hydrogen-bond acceptors (Lipinski definition) is 7. The predicted octanol–water partition coefficient (Wildman–Crippen LogP) is 1.33. The summed E-state index contributed by atoms with van der Waals surface area (Å²) in [4.78, 5) is 15.9. The average molecular weight is 421 g/mol. The molecule has 1 aromatic heterocycles. The smallest absolute Gasteiger partial charge is 0.264 e. The first-order valence-corrected chi connectivity index (χ1v) is 10.4. The molecule has 0 unspecified atom stereocenters. The Labute approximate surface area is 169 Å². The molecule has 1 aliphatic rings. The van der Waals surface area contributed by atoms with Gasteiger partial charge < -0.3 is 9.47 Å². The maximum absolute atomic E-state index is 13.2. The van der Waals surface area contributed by atoms with E-state index in [1.807, 2.05) is 12.1 Å². The van der Waals surface area contributed by atoms with Crippen molar-refractivity contribution in [2.75, 3.05) is 13.2 Å². The summed E-state index contributed by atoms with van der Waals surface area (Å²) in [5.41, 5.74) is 1.67. The molecule has 1 fully saturated rings. The van der Waals surface area contributed by atoms with Crippen LogP contribution in [0.1, 0.15) is 19.4 Å². The highest BCUT2D eigenvalue weighted by atomic mass is 32.2. The van der Waals surface area contributed by atoms with Gasteiger partial charge in [0.2, 0.25) is 10.0 Å². The first kappa shape index (κ1) is 21.2. The monoisotopic (exact) mass is 421 g/mol. The van der Waals surface area contributed by atoms with E-state index in [0.717, 1.165) is 9.87 Å². The van der Waals surface area contributed by atoms with E-state index < -0.39 is 27.6 Å². The van der Waals surface area contributed by atoms with Crippen LogP contribution in [0.5, 0.6) is 5.75 Å². The standard InChI is InChI=1S/C19H23N3O6S/c1-19(2)13-22(17(12-28-19)18(23)21-24)29(25,26)16-5-3-15(4-6-16)27-11-14-7-9-20-10-8-14/h3-10,17,24H,11-13H2,1-2H3,(H,21,23)/t17-/m1/s1. The SMILES string of the molecule is CC1(C)CN(S(=O)(=O)c2ccc(OCc3ccncc3)cc2)[C@@H](C(=O)NO)CO1. The molecule has 1 aliphatic heterocycles. The van der Waals surface area contributed by atoms with Crippen LogP contribution in [0, 0.1) is 0 Å². The number of sulfonamides is 1. The van der Waals surface area contributed by atoms with E-state index in [4.69, 9.17) is 14.7 Å². The first-order chi connectivity index (χ1) is 13.7. The first-order valence-electron chi connectivity index (χ1n) is 8.94. The van der Waals surface area contributed by atoms with Gasteiger partial charge in [0.15, 0.2) is 0 Å². The van der Waals surface area contributed by atoms with Gasteiger partial charge in [0, 0.05) is 18.9 Å². The highest BCUT2D eigenvalue weighted by molar-refractivity contribution is 7.89. The van der Waals surface area contributed by atoms with Gasteiger partial charge in [-0.25, -0.2) is 13.9 Å². The Kier molecular flexibility index (Phi) is 6.18. The second-order valence-electron chi connectivity index (χ2n) is 7.23. The van der Waals surface area contributed by atoms with E-state index in [-0.39, 0.29) is 18.0 Å². The fraction of sp³-hybridized carbons (Fsp3) is 0.368. The largest absolute Gasteiger partial charge is 0.489 e. The number of benzene rings is 1. The summed E-state index contributed by atoms with van der Waals surface area (Å²) >= 11 is 0. The number of nitrogens with zero attached hydrogens (tertiary/aromatic N) is 2. The number of pyridine rings is 1. The highest BCUT2D eigenvalue weighted by Crippen LogP contribution is 2.28. The summed E-state index contributed by atoms with van der Waals surface area (Å²) in [6.07, 6.45) is 3.33. The molecule has 3 rings (SSSR count). The molecule has 9 nitrogen and oxygen atoms in total. The lowest BCUT2D eigenvalue weighted by atomic mass is 10.1. The number of ether oxygens (including phenoxy) is 2. The molecule has 156 valence electrons. The summed E-state index contributed by atoms with van der Waals surface area (Å²) in [5.74, 6) is -0.339.